The number of imidazole rings is 1. The van der Waals surface area contributed by atoms with Gasteiger partial charge in [-0.05, 0) is 51.7 Å². The molecule has 2 aromatic heterocycles. The standard InChI is InChI=1S/C17H18N2S/c1-11-7-12(2)9-13(8-11)14-10-19-15-5-3-4-6-16(15)20-17(19)18-14/h7-10H,3-6H2,1-2H3. The van der Waals surface area contributed by atoms with E-state index in [-0.39, 0.29) is 0 Å². The second-order valence-corrected chi connectivity index (χ2v) is 6.90. The van der Waals surface area contributed by atoms with E-state index < -0.39 is 0 Å². The molecule has 1 aliphatic rings. The Labute approximate surface area is 123 Å². The molecule has 0 unspecified atom stereocenters. The first kappa shape index (κ1) is 12.2. The summed E-state index contributed by atoms with van der Waals surface area (Å²) in [6, 6.07) is 6.67. The summed E-state index contributed by atoms with van der Waals surface area (Å²) >= 11 is 1.88. The molecule has 0 N–H and O–H groups in total. The highest BCUT2D eigenvalue weighted by Crippen LogP contribution is 2.32. The third-order valence-corrected chi connectivity index (χ3v) is 5.24. The van der Waals surface area contributed by atoms with Crippen LogP contribution < -0.4 is 0 Å². The van der Waals surface area contributed by atoms with Gasteiger partial charge in [-0.15, -0.1) is 11.3 Å². The zero-order valence-electron chi connectivity index (χ0n) is 11.9. The van der Waals surface area contributed by atoms with Gasteiger partial charge in [-0.25, -0.2) is 4.98 Å². The van der Waals surface area contributed by atoms with Crippen LogP contribution in [0.1, 0.15) is 34.5 Å². The molecule has 2 nitrogen and oxygen atoms in total. The maximum Gasteiger partial charge on any atom is 0.194 e. The Morgan fingerprint density at radius 2 is 1.80 bits per heavy atom. The molecule has 0 aliphatic heterocycles. The van der Waals surface area contributed by atoms with Crippen molar-refractivity contribution >= 4 is 16.3 Å². The summed E-state index contributed by atoms with van der Waals surface area (Å²) in [7, 11) is 0. The quantitative estimate of drug-likeness (QED) is 0.639. The van der Waals surface area contributed by atoms with Crippen molar-refractivity contribution in [2.24, 2.45) is 0 Å². The van der Waals surface area contributed by atoms with Gasteiger partial charge < -0.3 is 0 Å². The van der Waals surface area contributed by atoms with Crippen molar-refractivity contribution in [2.75, 3.05) is 0 Å². The molecule has 4 rings (SSSR count). The van der Waals surface area contributed by atoms with Crippen molar-refractivity contribution < 1.29 is 0 Å². The number of fused-ring (bicyclic) bond motifs is 3. The van der Waals surface area contributed by atoms with E-state index in [0.717, 1.165) is 10.7 Å². The molecule has 2 heterocycles. The van der Waals surface area contributed by atoms with Gasteiger partial charge in [0.15, 0.2) is 4.96 Å². The largest absolute Gasteiger partial charge is 0.294 e. The third-order valence-electron chi connectivity index (χ3n) is 4.09. The fraction of sp³-hybridized carbons (Fsp3) is 0.353. The number of aryl methyl sites for hydroxylation is 4. The number of rotatable bonds is 1. The smallest absolute Gasteiger partial charge is 0.194 e. The number of thiazole rings is 1. The van der Waals surface area contributed by atoms with E-state index in [1.165, 1.54) is 48.1 Å². The maximum atomic E-state index is 4.85. The molecule has 20 heavy (non-hydrogen) atoms. The van der Waals surface area contributed by atoms with Gasteiger partial charge in [0.1, 0.15) is 0 Å². The van der Waals surface area contributed by atoms with Crippen molar-refractivity contribution in [3.05, 3.63) is 46.1 Å². The van der Waals surface area contributed by atoms with Crippen LogP contribution in [0.25, 0.3) is 16.2 Å². The molecule has 0 fully saturated rings. The van der Waals surface area contributed by atoms with Gasteiger partial charge in [-0.3, -0.25) is 4.40 Å². The molecule has 0 amide bonds. The highest BCUT2D eigenvalue weighted by Gasteiger charge is 2.18. The summed E-state index contributed by atoms with van der Waals surface area (Å²) in [4.78, 5) is 7.56. The second kappa shape index (κ2) is 4.45. The van der Waals surface area contributed by atoms with Crippen LogP contribution in [-0.4, -0.2) is 9.38 Å². The zero-order chi connectivity index (χ0) is 13.7. The summed E-state index contributed by atoms with van der Waals surface area (Å²) in [5.41, 5.74) is 6.45. The Hall–Kier alpha value is -1.61. The molecule has 1 aromatic carbocycles. The van der Waals surface area contributed by atoms with Gasteiger partial charge in [0.2, 0.25) is 0 Å². The van der Waals surface area contributed by atoms with Gasteiger partial charge >= 0.3 is 0 Å². The second-order valence-electron chi connectivity index (χ2n) is 5.83. The minimum absolute atomic E-state index is 1.11. The van der Waals surface area contributed by atoms with Crippen LogP contribution in [0.15, 0.2) is 24.4 Å². The molecule has 102 valence electrons. The minimum Gasteiger partial charge on any atom is -0.294 e. The van der Waals surface area contributed by atoms with Crippen LogP contribution in [0.5, 0.6) is 0 Å². The minimum atomic E-state index is 1.11. The lowest BCUT2D eigenvalue weighted by atomic mass is 10.0. The van der Waals surface area contributed by atoms with E-state index in [1.54, 1.807) is 4.88 Å². The van der Waals surface area contributed by atoms with Crippen LogP contribution >= 0.6 is 11.3 Å². The van der Waals surface area contributed by atoms with Gasteiger partial charge in [0, 0.05) is 22.3 Å². The van der Waals surface area contributed by atoms with Crippen molar-refractivity contribution in [1.82, 2.24) is 9.38 Å². The van der Waals surface area contributed by atoms with E-state index in [4.69, 9.17) is 4.98 Å². The highest BCUT2D eigenvalue weighted by molar-refractivity contribution is 7.17. The molecule has 3 aromatic rings. The van der Waals surface area contributed by atoms with E-state index in [0.29, 0.717) is 0 Å². The topological polar surface area (TPSA) is 17.3 Å². The zero-order valence-corrected chi connectivity index (χ0v) is 12.8. The van der Waals surface area contributed by atoms with Gasteiger partial charge in [-0.2, -0.15) is 0 Å². The molecule has 0 radical (unpaired) electrons. The molecule has 1 aliphatic carbocycles. The first-order chi connectivity index (χ1) is 9.70. The summed E-state index contributed by atoms with van der Waals surface area (Å²) in [5, 5.41) is 0. The molecule has 0 saturated heterocycles. The summed E-state index contributed by atoms with van der Waals surface area (Å²) in [6.45, 7) is 4.30. The van der Waals surface area contributed by atoms with Crippen molar-refractivity contribution in [3.63, 3.8) is 0 Å². The summed E-state index contributed by atoms with van der Waals surface area (Å²) < 4.78 is 2.33. The van der Waals surface area contributed by atoms with Crippen LogP contribution in [0.4, 0.5) is 0 Å². The lowest BCUT2D eigenvalue weighted by Crippen LogP contribution is -2.01. The normalized spacial score (nSPS) is 14.7. The maximum absolute atomic E-state index is 4.85. The van der Waals surface area contributed by atoms with Crippen LogP contribution in [0, 0.1) is 13.8 Å². The molecular formula is C17H18N2S. The summed E-state index contributed by atoms with van der Waals surface area (Å²) in [6.07, 6.45) is 7.32. The third kappa shape index (κ3) is 1.88. The van der Waals surface area contributed by atoms with Crippen molar-refractivity contribution in [1.29, 1.82) is 0 Å². The predicted octanol–water partition coefficient (Wildman–Crippen LogP) is 4.56. The number of aromatic nitrogens is 2. The summed E-state index contributed by atoms with van der Waals surface area (Å²) in [5.74, 6) is 0. The van der Waals surface area contributed by atoms with Crippen LogP contribution in [0.2, 0.25) is 0 Å². The van der Waals surface area contributed by atoms with Gasteiger partial charge in [-0.1, -0.05) is 17.2 Å². The number of hydrogen-bond donors (Lipinski definition) is 0. The Balaban J connectivity index is 1.86. The molecule has 0 spiro atoms. The van der Waals surface area contributed by atoms with E-state index in [9.17, 15) is 0 Å². The number of benzene rings is 1. The van der Waals surface area contributed by atoms with Crippen LogP contribution in [-0.2, 0) is 12.8 Å². The fourth-order valence-corrected chi connectivity index (χ4v) is 4.42. The average Bonchev–Trinajstić information content (AvgIpc) is 2.94. The average molecular weight is 282 g/mol. The van der Waals surface area contributed by atoms with Crippen molar-refractivity contribution in [3.8, 4) is 11.3 Å². The van der Waals surface area contributed by atoms with Gasteiger partial charge in [0.05, 0.1) is 5.69 Å². The monoisotopic (exact) mass is 282 g/mol. The molecule has 3 heteroatoms. The first-order valence-corrected chi connectivity index (χ1v) is 8.11. The molecule has 0 bridgehead atoms. The van der Waals surface area contributed by atoms with Gasteiger partial charge in [0.25, 0.3) is 0 Å². The Bertz CT molecular complexity index is 775. The Morgan fingerprint density at radius 1 is 1.05 bits per heavy atom. The van der Waals surface area contributed by atoms with Crippen molar-refractivity contribution in [2.45, 2.75) is 39.5 Å². The molecule has 0 saturated carbocycles. The number of nitrogens with zero attached hydrogens (tertiary/aromatic N) is 2. The predicted molar refractivity (Wildman–Crippen MR) is 84.6 cm³/mol. The lowest BCUT2D eigenvalue weighted by Gasteiger charge is -2.09. The Kier molecular flexibility index (Phi) is 2.71. The number of hydrogen-bond acceptors (Lipinski definition) is 2. The molecule has 0 atom stereocenters. The SMILES string of the molecule is Cc1cc(C)cc(-c2cn3c4c(sc3n2)CCCC4)c1. The van der Waals surface area contributed by atoms with E-state index in [1.807, 2.05) is 11.3 Å². The lowest BCUT2D eigenvalue weighted by molar-refractivity contribution is 0.674. The highest BCUT2D eigenvalue weighted by atomic mass is 32.1. The first-order valence-electron chi connectivity index (χ1n) is 7.29. The Morgan fingerprint density at radius 3 is 2.60 bits per heavy atom. The van der Waals surface area contributed by atoms with E-state index in [2.05, 4.69) is 42.6 Å². The molecular weight excluding hydrogens is 264 g/mol. The van der Waals surface area contributed by atoms with Crippen LogP contribution in [0.3, 0.4) is 0 Å². The fourth-order valence-electron chi connectivity index (χ4n) is 3.23. The van der Waals surface area contributed by atoms with E-state index >= 15 is 0 Å².